The predicted octanol–water partition coefficient (Wildman–Crippen LogP) is 2.40. The number of ether oxygens (including phenoxy) is 1. The SMILES string of the molecule is Cc1cccc(NC(=O)CCC2CCN(C(=O)CN3CCOC3=O)CC2)c1. The number of amides is 3. The van der Waals surface area contributed by atoms with Crippen molar-refractivity contribution in [2.24, 2.45) is 5.92 Å². The van der Waals surface area contributed by atoms with Crippen LogP contribution in [0.3, 0.4) is 0 Å². The predicted molar refractivity (Wildman–Crippen MR) is 101 cm³/mol. The maximum absolute atomic E-state index is 12.3. The van der Waals surface area contributed by atoms with Crippen molar-refractivity contribution in [3.8, 4) is 0 Å². The Morgan fingerprint density at radius 2 is 2.00 bits per heavy atom. The van der Waals surface area contributed by atoms with Gasteiger partial charge in [0.1, 0.15) is 13.2 Å². The number of hydrogen-bond donors (Lipinski definition) is 1. The molecule has 0 saturated carbocycles. The van der Waals surface area contributed by atoms with Crippen LogP contribution in [0.5, 0.6) is 0 Å². The van der Waals surface area contributed by atoms with E-state index in [0.717, 1.165) is 30.5 Å². The standard InChI is InChI=1S/C20H27N3O4/c1-15-3-2-4-17(13-15)21-18(24)6-5-16-7-9-22(10-8-16)19(25)14-23-11-12-27-20(23)26/h2-4,13,16H,5-12,14H2,1H3,(H,21,24). The van der Waals surface area contributed by atoms with E-state index < -0.39 is 6.09 Å². The van der Waals surface area contributed by atoms with Crippen LogP contribution in [0, 0.1) is 12.8 Å². The normalized spacial score (nSPS) is 17.7. The number of hydrogen-bond acceptors (Lipinski definition) is 4. The fourth-order valence-corrected chi connectivity index (χ4v) is 3.59. The van der Waals surface area contributed by atoms with Crippen LogP contribution in [0.15, 0.2) is 24.3 Å². The van der Waals surface area contributed by atoms with Crippen molar-refractivity contribution < 1.29 is 19.1 Å². The van der Waals surface area contributed by atoms with Gasteiger partial charge in [0.25, 0.3) is 0 Å². The van der Waals surface area contributed by atoms with Crippen molar-refractivity contribution in [3.05, 3.63) is 29.8 Å². The van der Waals surface area contributed by atoms with Crippen LogP contribution in [0.4, 0.5) is 10.5 Å². The molecule has 1 aromatic rings. The van der Waals surface area contributed by atoms with Crippen molar-refractivity contribution in [3.63, 3.8) is 0 Å². The average molecular weight is 373 g/mol. The molecule has 0 aromatic heterocycles. The Hall–Kier alpha value is -2.57. The molecule has 1 aromatic carbocycles. The van der Waals surface area contributed by atoms with E-state index in [1.807, 2.05) is 36.1 Å². The number of benzene rings is 1. The Balaban J connectivity index is 1.36. The number of carbonyl (C=O) groups excluding carboxylic acids is 3. The van der Waals surface area contributed by atoms with Crippen molar-refractivity contribution in [1.29, 1.82) is 0 Å². The van der Waals surface area contributed by atoms with Crippen LogP contribution >= 0.6 is 0 Å². The van der Waals surface area contributed by atoms with Crippen LogP contribution in [-0.2, 0) is 14.3 Å². The summed E-state index contributed by atoms with van der Waals surface area (Å²) in [4.78, 5) is 39.2. The van der Waals surface area contributed by atoms with Gasteiger partial charge in [0.15, 0.2) is 0 Å². The smallest absolute Gasteiger partial charge is 0.410 e. The zero-order valence-corrected chi connectivity index (χ0v) is 15.8. The molecule has 0 bridgehead atoms. The maximum Gasteiger partial charge on any atom is 0.410 e. The molecular weight excluding hydrogens is 346 g/mol. The van der Waals surface area contributed by atoms with Gasteiger partial charge in [-0.15, -0.1) is 0 Å². The summed E-state index contributed by atoms with van der Waals surface area (Å²) in [5.41, 5.74) is 1.95. The van der Waals surface area contributed by atoms with Gasteiger partial charge in [-0.05, 0) is 49.8 Å². The third kappa shape index (κ3) is 5.45. The third-order valence-electron chi connectivity index (χ3n) is 5.22. The highest BCUT2D eigenvalue weighted by Gasteiger charge is 2.28. The molecule has 2 fully saturated rings. The van der Waals surface area contributed by atoms with E-state index in [2.05, 4.69) is 5.32 Å². The molecule has 0 radical (unpaired) electrons. The Labute approximate surface area is 159 Å². The molecule has 0 spiro atoms. The van der Waals surface area contributed by atoms with Crippen molar-refractivity contribution in [1.82, 2.24) is 9.80 Å². The van der Waals surface area contributed by atoms with Gasteiger partial charge in [0, 0.05) is 25.2 Å². The van der Waals surface area contributed by atoms with E-state index >= 15 is 0 Å². The number of carbonyl (C=O) groups is 3. The highest BCUT2D eigenvalue weighted by molar-refractivity contribution is 5.90. The van der Waals surface area contributed by atoms with Gasteiger partial charge in [-0.2, -0.15) is 0 Å². The Bertz CT molecular complexity index is 698. The molecule has 3 rings (SSSR count). The Kier molecular flexibility index (Phi) is 6.32. The summed E-state index contributed by atoms with van der Waals surface area (Å²) in [5.74, 6) is 0.463. The summed E-state index contributed by atoms with van der Waals surface area (Å²) in [6, 6.07) is 7.78. The second kappa shape index (κ2) is 8.88. The maximum atomic E-state index is 12.3. The largest absolute Gasteiger partial charge is 0.448 e. The highest BCUT2D eigenvalue weighted by atomic mass is 16.6. The summed E-state index contributed by atoms with van der Waals surface area (Å²) >= 11 is 0. The molecule has 2 saturated heterocycles. The lowest BCUT2D eigenvalue weighted by atomic mass is 9.92. The monoisotopic (exact) mass is 373 g/mol. The van der Waals surface area contributed by atoms with Crippen LogP contribution in [0.2, 0.25) is 0 Å². The van der Waals surface area contributed by atoms with Crippen LogP contribution in [0.1, 0.15) is 31.2 Å². The first-order valence-corrected chi connectivity index (χ1v) is 9.57. The van der Waals surface area contributed by atoms with Gasteiger partial charge in [-0.1, -0.05) is 12.1 Å². The van der Waals surface area contributed by atoms with Gasteiger partial charge in [0.05, 0.1) is 6.54 Å². The first-order chi connectivity index (χ1) is 13.0. The highest BCUT2D eigenvalue weighted by Crippen LogP contribution is 2.22. The quantitative estimate of drug-likeness (QED) is 0.830. The number of anilines is 1. The minimum atomic E-state index is -0.405. The molecule has 146 valence electrons. The van der Waals surface area contributed by atoms with Crippen LogP contribution in [-0.4, -0.2) is 60.5 Å². The molecule has 2 aliphatic heterocycles. The molecule has 0 atom stereocenters. The van der Waals surface area contributed by atoms with Gasteiger partial charge >= 0.3 is 6.09 Å². The molecule has 2 aliphatic rings. The minimum Gasteiger partial charge on any atom is -0.448 e. The first kappa shape index (κ1) is 19.2. The lowest BCUT2D eigenvalue weighted by Crippen LogP contribution is -2.44. The Morgan fingerprint density at radius 1 is 1.22 bits per heavy atom. The van der Waals surface area contributed by atoms with E-state index in [0.29, 0.717) is 38.6 Å². The van der Waals surface area contributed by atoms with E-state index in [1.165, 1.54) is 4.90 Å². The molecule has 2 heterocycles. The molecule has 3 amide bonds. The summed E-state index contributed by atoms with van der Waals surface area (Å²) in [5, 5.41) is 2.94. The number of nitrogens with one attached hydrogen (secondary N) is 1. The molecule has 0 unspecified atom stereocenters. The zero-order chi connectivity index (χ0) is 19.2. The van der Waals surface area contributed by atoms with Gasteiger partial charge in [-0.3, -0.25) is 14.5 Å². The van der Waals surface area contributed by atoms with E-state index in [9.17, 15) is 14.4 Å². The second-order valence-corrected chi connectivity index (χ2v) is 7.32. The molecule has 7 nitrogen and oxygen atoms in total. The van der Waals surface area contributed by atoms with Gasteiger partial charge in [0.2, 0.25) is 11.8 Å². The average Bonchev–Trinajstić information content (AvgIpc) is 3.05. The summed E-state index contributed by atoms with van der Waals surface area (Å²) in [6.45, 7) is 4.31. The summed E-state index contributed by atoms with van der Waals surface area (Å²) in [7, 11) is 0. The van der Waals surface area contributed by atoms with E-state index in [1.54, 1.807) is 0 Å². The molecule has 0 aliphatic carbocycles. The summed E-state index contributed by atoms with van der Waals surface area (Å²) < 4.78 is 4.85. The number of rotatable bonds is 6. The fraction of sp³-hybridized carbons (Fsp3) is 0.550. The topological polar surface area (TPSA) is 79.0 Å². The van der Waals surface area contributed by atoms with E-state index in [-0.39, 0.29) is 18.4 Å². The number of nitrogens with zero attached hydrogens (tertiary/aromatic N) is 2. The number of likely N-dealkylation sites (tertiary alicyclic amines) is 1. The molecule has 27 heavy (non-hydrogen) atoms. The Morgan fingerprint density at radius 3 is 2.67 bits per heavy atom. The van der Waals surface area contributed by atoms with Crippen molar-refractivity contribution in [2.75, 3.05) is 38.1 Å². The van der Waals surface area contributed by atoms with Crippen molar-refractivity contribution in [2.45, 2.75) is 32.6 Å². The lowest BCUT2D eigenvalue weighted by molar-refractivity contribution is -0.133. The summed E-state index contributed by atoms with van der Waals surface area (Å²) in [6.07, 6.45) is 2.71. The van der Waals surface area contributed by atoms with Crippen LogP contribution < -0.4 is 5.32 Å². The number of cyclic esters (lactones) is 1. The van der Waals surface area contributed by atoms with Gasteiger partial charge in [-0.25, -0.2) is 4.79 Å². The molecule has 7 heteroatoms. The second-order valence-electron chi connectivity index (χ2n) is 7.32. The van der Waals surface area contributed by atoms with E-state index in [4.69, 9.17) is 4.74 Å². The lowest BCUT2D eigenvalue weighted by Gasteiger charge is -2.32. The fourth-order valence-electron chi connectivity index (χ4n) is 3.59. The van der Waals surface area contributed by atoms with Crippen molar-refractivity contribution >= 4 is 23.6 Å². The first-order valence-electron chi connectivity index (χ1n) is 9.57. The number of aryl methyl sites for hydroxylation is 1. The molecular formula is C20H27N3O4. The number of piperidine rings is 1. The minimum absolute atomic E-state index is 0.0236. The van der Waals surface area contributed by atoms with Gasteiger partial charge < -0.3 is 15.0 Å². The zero-order valence-electron chi connectivity index (χ0n) is 15.8. The van der Waals surface area contributed by atoms with Crippen LogP contribution in [0.25, 0.3) is 0 Å². The third-order valence-corrected chi connectivity index (χ3v) is 5.22. The molecule has 1 N–H and O–H groups in total.